The first-order chi connectivity index (χ1) is 15.3. The minimum atomic E-state index is -0.273. The van der Waals surface area contributed by atoms with Crippen LogP contribution in [0.2, 0.25) is 0 Å². The van der Waals surface area contributed by atoms with Gasteiger partial charge < -0.3 is 4.98 Å². The molecule has 2 N–H and O–H groups in total. The normalized spacial score (nSPS) is 11.4. The zero-order valence-electron chi connectivity index (χ0n) is 16.2. The first kappa shape index (κ1) is 17.5. The molecule has 1 aromatic carbocycles. The fourth-order valence-electron chi connectivity index (χ4n) is 3.79. The van der Waals surface area contributed by atoms with Crippen LogP contribution in [0.4, 0.5) is 4.39 Å². The van der Waals surface area contributed by atoms with E-state index in [0.29, 0.717) is 0 Å². The number of nitrogens with one attached hydrogen (secondary N) is 2. The Morgan fingerprint density at radius 1 is 0.742 bits per heavy atom. The zero-order valence-corrected chi connectivity index (χ0v) is 16.2. The molecule has 0 aliphatic rings. The second-order valence-electron chi connectivity index (χ2n) is 7.21. The molecule has 0 fully saturated rings. The lowest BCUT2D eigenvalue weighted by Crippen LogP contribution is -1.86. The van der Waals surface area contributed by atoms with Crippen molar-refractivity contribution in [3.05, 3.63) is 85.1 Å². The number of fused-ring (bicyclic) bond motifs is 2. The largest absolute Gasteiger partial charge is 0.353 e. The van der Waals surface area contributed by atoms with E-state index in [2.05, 4.69) is 25.1 Å². The number of rotatable bonds is 3. The summed E-state index contributed by atoms with van der Waals surface area (Å²) in [6, 6.07) is 18.1. The zero-order chi connectivity index (χ0) is 20.8. The molecule has 0 saturated carbocycles. The summed E-state index contributed by atoms with van der Waals surface area (Å²) in [5, 5.41) is 8.50. The number of pyridine rings is 3. The van der Waals surface area contributed by atoms with Crippen molar-refractivity contribution in [2.45, 2.75) is 0 Å². The molecule has 6 aromatic rings. The molecule has 0 radical (unpaired) electrons. The molecular formula is C24H15FN6. The summed E-state index contributed by atoms with van der Waals surface area (Å²) >= 11 is 0. The fourth-order valence-corrected chi connectivity index (χ4v) is 3.79. The standard InChI is InChI=1S/C24H15FN6/c25-16-3-1-15(2-4-16)22-17-13-21(28-19(17)9-12-27-22)24-23-20(30-31-24)6-5-18(29-23)14-7-10-26-11-8-14/h1-13,28H,(H,30,31). The maximum Gasteiger partial charge on any atom is 0.135 e. The summed E-state index contributed by atoms with van der Waals surface area (Å²) in [5.41, 5.74) is 7.58. The SMILES string of the molecule is Fc1ccc(-c2nccc3[nH]c(-c4n[nH]c5ccc(-c6ccncc6)nc45)cc23)cc1. The van der Waals surface area contributed by atoms with Crippen LogP contribution in [0, 0.1) is 5.82 Å². The van der Waals surface area contributed by atoms with Gasteiger partial charge in [0.1, 0.15) is 17.0 Å². The Kier molecular flexibility index (Phi) is 3.86. The average molecular weight is 406 g/mol. The lowest BCUT2D eigenvalue weighted by atomic mass is 10.1. The van der Waals surface area contributed by atoms with Gasteiger partial charge in [0.05, 0.1) is 22.6 Å². The Morgan fingerprint density at radius 3 is 2.42 bits per heavy atom. The smallest absolute Gasteiger partial charge is 0.135 e. The van der Waals surface area contributed by atoms with Crippen LogP contribution in [0.15, 0.2) is 79.3 Å². The van der Waals surface area contributed by atoms with Crippen molar-refractivity contribution in [1.82, 2.24) is 30.1 Å². The maximum atomic E-state index is 13.4. The van der Waals surface area contributed by atoms with E-state index >= 15 is 0 Å². The molecule has 6 nitrogen and oxygen atoms in total. The van der Waals surface area contributed by atoms with Gasteiger partial charge in [0, 0.05) is 40.6 Å². The van der Waals surface area contributed by atoms with E-state index in [1.54, 1.807) is 30.7 Å². The van der Waals surface area contributed by atoms with Crippen LogP contribution in [0.5, 0.6) is 0 Å². The van der Waals surface area contributed by atoms with Crippen molar-refractivity contribution in [1.29, 1.82) is 0 Å². The molecule has 0 spiro atoms. The van der Waals surface area contributed by atoms with Gasteiger partial charge in [-0.2, -0.15) is 5.10 Å². The summed E-state index contributed by atoms with van der Waals surface area (Å²) in [5.74, 6) is -0.273. The minimum absolute atomic E-state index is 0.273. The molecule has 0 saturated heterocycles. The van der Waals surface area contributed by atoms with E-state index in [1.165, 1.54) is 12.1 Å². The number of halogens is 1. The van der Waals surface area contributed by atoms with Gasteiger partial charge >= 0.3 is 0 Å². The third-order valence-corrected chi connectivity index (χ3v) is 5.30. The number of hydrogen-bond acceptors (Lipinski definition) is 4. The number of benzene rings is 1. The van der Waals surface area contributed by atoms with E-state index < -0.39 is 0 Å². The average Bonchev–Trinajstić information content (AvgIpc) is 3.43. The predicted octanol–water partition coefficient (Wildman–Crippen LogP) is 5.37. The number of hydrogen-bond donors (Lipinski definition) is 2. The van der Waals surface area contributed by atoms with Crippen molar-refractivity contribution in [3.8, 4) is 33.9 Å². The van der Waals surface area contributed by atoms with Gasteiger partial charge in [0.25, 0.3) is 0 Å². The number of aromatic nitrogens is 6. The third kappa shape index (κ3) is 2.95. The Balaban J connectivity index is 1.51. The van der Waals surface area contributed by atoms with Crippen LogP contribution < -0.4 is 0 Å². The molecule has 31 heavy (non-hydrogen) atoms. The Labute approximate surface area is 175 Å². The Morgan fingerprint density at radius 2 is 1.58 bits per heavy atom. The summed E-state index contributed by atoms with van der Waals surface area (Å²) in [6.07, 6.45) is 5.24. The number of aromatic amines is 2. The van der Waals surface area contributed by atoms with Crippen molar-refractivity contribution in [3.63, 3.8) is 0 Å². The van der Waals surface area contributed by atoms with Gasteiger partial charge in [-0.05, 0) is 60.7 Å². The molecule has 0 aliphatic heterocycles. The van der Waals surface area contributed by atoms with Gasteiger partial charge in [-0.15, -0.1) is 0 Å². The molecular weight excluding hydrogens is 391 g/mol. The lowest BCUT2D eigenvalue weighted by Gasteiger charge is -2.02. The minimum Gasteiger partial charge on any atom is -0.353 e. The predicted molar refractivity (Wildman–Crippen MR) is 118 cm³/mol. The maximum absolute atomic E-state index is 13.4. The highest BCUT2D eigenvalue weighted by atomic mass is 19.1. The summed E-state index contributed by atoms with van der Waals surface area (Å²) in [4.78, 5) is 16.9. The first-order valence-corrected chi connectivity index (χ1v) is 9.76. The highest BCUT2D eigenvalue weighted by Crippen LogP contribution is 2.33. The quantitative estimate of drug-likeness (QED) is 0.414. The second kappa shape index (κ2) is 6.84. The molecule has 0 aliphatic carbocycles. The fraction of sp³-hybridized carbons (Fsp3) is 0. The monoisotopic (exact) mass is 406 g/mol. The van der Waals surface area contributed by atoms with E-state index in [9.17, 15) is 4.39 Å². The van der Waals surface area contributed by atoms with Crippen molar-refractivity contribution >= 4 is 21.9 Å². The van der Waals surface area contributed by atoms with Crippen LogP contribution in [0.3, 0.4) is 0 Å². The molecule has 5 heterocycles. The molecule has 7 heteroatoms. The van der Waals surface area contributed by atoms with Crippen LogP contribution in [-0.4, -0.2) is 30.1 Å². The number of nitrogens with zero attached hydrogens (tertiary/aromatic N) is 4. The topological polar surface area (TPSA) is 83.1 Å². The summed E-state index contributed by atoms with van der Waals surface area (Å²) < 4.78 is 13.4. The molecule has 6 rings (SSSR count). The van der Waals surface area contributed by atoms with Gasteiger partial charge in [0.2, 0.25) is 0 Å². The third-order valence-electron chi connectivity index (χ3n) is 5.30. The van der Waals surface area contributed by atoms with Crippen molar-refractivity contribution in [2.75, 3.05) is 0 Å². The Hall–Kier alpha value is -4.39. The number of H-pyrrole nitrogens is 2. The van der Waals surface area contributed by atoms with Crippen LogP contribution in [-0.2, 0) is 0 Å². The van der Waals surface area contributed by atoms with Crippen molar-refractivity contribution < 1.29 is 4.39 Å². The molecule has 5 aromatic heterocycles. The van der Waals surface area contributed by atoms with Gasteiger partial charge in [-0.1, -0.05) is 0 Å². The second-order valence-corrected chi connectivity index (χ2v) is 7.21. The van der Waals surface area contributed by atoms with Crippen LogP contribution in [0.1, 0.15) is 0 Å². The van der Waals surface area contributed by atoms with E-state index in [1.807, 2.05) is 36.4 Å². The first-order valence-electron chi connectivity index (χ1n) is 9.76. The van der Waals surface area contributed by atoms with Gasteiger partial charge in [-0.25, -0.2) is 9.37 Å². The van der Waals surface area contributed by atoms with E-state index in [0.717, 1.165) is 55.8 Å². The van der Waals surface area contributed by atoms with Gasteiger partial charge in [0.15, 0.2) is 0 Å². The molecule has 0 bridgehead atoms. The summed E-state index contributed by atoms with van der Waals surface area (Å²) in [6.45, 7) is 0. The molecule has 0 unspecified atom stereocenters. The Bertz CT molecular complexity index is 1530. The summed E-state index contributed by atoms with van der Waals surface area (Å²) in [7, 11) is 0. The van der Waals surface area contributed by atoms with Crippen LogP contribution >= 0.6 is 0 Å². The van der Waals surface area contributed by atoms with Crippen LogP contribution in [0.25, 0.3) is 55.8 Å². The highest BCUT2D eigenvalue weighted by Gasteiger charge is 2.16. The molecule has 148 valence electrons. The lowest BCUT2D eigenvalue weighted by molar-refractivity contribution is 0.628. The van der Waals surface area contributed by atoms with Gasteiger partial charge in [-0.3, -0.25) is 15.1 Å². The van der Waals surface area contributed by atoms with E-state index in [-0.39, 0.29) is 5.82 Å². The van der Waals surface area contributed by atoms with Crippen molar-refractivity contribution in [2.24, 2.45) is 0 Å². The molecule has 0 atom stereocenters. The molecule has 0 amide bonds. The van der Waals surface area contributed by atoms with E-state index in [4.69, 9.17) is 4.98 Å². The highest BCUT2D eigenvalue weighted by molar-refractivity contribution is 5.99.